The molecule has 1 atom stereocenters. The van der Waals surface area contributed by atoms with Crippen LogP contribution in [0, 0.1) is 5.92 Å². The van der Waals surface area contributed by atoms with Gasteiger partial charge in [-0.1, -0.05) is 44.4 Å². The number of hydrogen-bond donors (Lipinski definition) is 1. The number of piperazine rings is 1. The Hall–Kier alpha value is -2.04. The maximum atomic E-state index is 12.8. The van der Waals surface area contributed by atoms with Crippen molar-refractivity contribution in [2.45, 2.75) is 32.6 Å². The number of unbranched alkanes of at least 4 members (excludes halogenated alkanes) is 2. The molecule has 0 bridgehead atoms. The van der Waals surface area contributed by atoms with Crippen LogP contribution >= 0.6 is 0 Å². The molecular weight excluding hydrogens is 302 g/mol. The van der Waals surface area contributed by atoms with Gasteiger partial charge < -0.3 is 15.1 Å². The van der Waals surface area contributed by atoms with Crippen LogP contribution in [0.1, 0.15) is 32.6 Å². The summed E-state index contributed by atoms with van der Waals surface area (Å²) < 4.78 is 0. The van der Waals surface area contributed by atoms with Crippen LogP contribution in [0.3, 0.4) is 0 Å². The van der Waals surface area contributed by atoms with Crippen molar-refractivity contribution in [3.63, 3.8) is 0 Å². The van der Waals surface area contributed by atoms with Crippen molar-refractivity contribution in [3.05, 3.63) is 30.3 Å². The second-order valence-electron chi connectivity index (χ2n) is 6.37. The lowest BCUT2D eigenvalue weighted by Gasteiger charge is -2.37. The number of benzene rings is 1. The summed E-state index contributed by atoms with van der Waals surface area (Å²) in [5.41, 5.74) is 1.21. The summed E-state index contributed by atoms with van der Waals surface area (Å²) in [5, 5.41) is 2.69. The second kappa shape index (κ2) is 9.96. The number of nitrogens with zero attached hydrogens (tertiary/aromatic N) is 2. The average molecular weight is 331 g/mol. The van der Waals surface area contributed by atoms with E-state index in [0.29, 0.717) is 13.0 Å². The lowest BCUT2D eigenvalue weighted by molar-refractivity contribution is -0.136. The predicted molar refractivity (Wildman–Crippen MR) is 96.9 cm³/mol. The number of hydrogen-bond acceptors (Lipinski definition) is 3. The van der Waals surface area contributed by atoms with Gasteiger partial charge in [-0.15, -0.1) is 0 Å². The van der Waals surface area contributed by atoms with Gasteiger partial charge in [0.2, 0.25) is 12.3 Å². The zero-order valence-electron chi connectivity index (χ0n) is 14.6. The Labute approximate surface area is 145 Å². The highest BCUT2D eigenvalue weighted by Gasteiger charge is 2.27. The summed E-state index contributed by atoms with van der Waals surface area (Å²) >= 11 is 0. The number of amides is 2. The molecule has 1 saturated heterocycles. The van der Waals surface area contributed by atoms with E-state index in [1.165, 1.54) is 5.69 Å². The number of carbonyl (C=O) groups is 2. The van der Waals surface area contributed by atoms with E-state index in [0.717, 1.165) is 51.9 Å². The van der Waals surface area contributed by atoms with Gasteiger partial charge in [0.25, 0.3) is 0 Å². The summed E-state index contributed by atoms with van der Waals surface area (Å²) in [6.07, 6.45) is 4.85. The molecule has 0 spiro atoms. The quantitative estimate of drug-likeness (QED) is 0.558. The minimum absolute atomic E-state index is 0.0926. The maximum absolute atomic E-state index is 12.8. The fourth-order valence-electron chi connectivity index (χ4n) is 3.23. The van der Waals surface area contributed by atoms with Crippen LogP contribution in [0.2, 0.25) is 0 Å². The predicted octanol–water partition coefficient (Wildman–Crippen LogP) is 2.28. The van der Waals surface area contributed by atoms with Crippen LogP contribution in [0.15, 0.2) is 30.3 Å². The first-order valence-corrected chi connectivity index (χ1v) is 9.02. The van der Waals surface area contributed by atoms with Crippen LogP contribution in [-0.2, 0) is 9.59 Å². The molecule has 1 aliphatic rings. The number of carbonyl (C=O) groups excluding carboxylic acids is 2. The van der Waals surface area contributed by atoms with Crippen molar-refractivity contribution in [1.29, 1.82) is 0 Å². The van der Waals surface area contributed by atoms with Gasteiger partial charge in [0.1, 0.15) is 0 Å². The Bertz CT molecular complexity index is 499. The molecule has 132 valence electrons. The molecule has 1 N–H and O–H groups in total. The highest BCUT2D eigenvalue weighted by Crippen LogP contribution is 2.18. The fourth-order valence-corrected chi connectivity index (χ4v) is 3.23. The molecule has 0 aliphatic carbocycles. The van der Waals surface area contributed by atoms with Crippen molar-refractivity contribution < 1.29 is 9.59 Å². The number of para-hydroxylation sites is 1. The van der Waals surface area contributed by atoms with Gasteiger partial charge in [-0.05, 0) is 18.6 Å². The zero-order chi connectivity index (χ0) is 17.2. The minimum atomic E-state index is -0.0926. The summed E-state index contributed by atoms with van der Waals surface area (Å²) in [6, 6.07) is 10.3. The van der Waals surface area contributed by atoms with Crippen LogP contribution in [0.4, 0.5) is 5.69 Å². The highest BCUT2D eigenvalue weighted by atomic mass is 16.2. The van der Waals surface area contributed by atoms with E-state index < -0.39 is 0 Å². The molecule has 2 amide bonds. The van der Waals surface area contributed by atoms with Gasteiger partial charge >= 0.3 is 0 Å². The molecule has 1 aliphatic heterocycles. The highest BCUT2D eigenvalue weighted by molar-refractivity contribution is 5.79. The first kappa shape index (κ1) is 18.3. The van der Waals surface area contributed by atoms with Crippen molar-refractivity contribution in [3.8, 4) is 0 Å². The van der Waals surface area contributed by atoms with Crippen molar-refractivity contribution in [2.75, 3.05) is 37.6 Å². The molecule has 2 rings (SSSR count). The van der Waals surface area contributed by atoms with Gasteiger partial charge in [-0.2, -0.15) is 0 Å². The molecule has 1 heterocycles. The summed E-state index contributed by atoms with van der Waals surface area (Å²) in [4.78, 5) is 27.7. The van der Waals surface area contributed by atoms with Crippen molar-refractivity contribution in [1.82, 2.24) is 10.2 Å². The first-order valence-electron chi connectivity index (χ1n) is 9.02. The van der Waals surface area contributed by atoms with E-state index in [9.17, 15) is 9.59 Å². The van der Waals surface area contributed by atoms with Crippen molar-refractivity contribution in [2.24, 2.45) is 5.92 Å². The average Bonchev–Trinajstić information content (AvgIpc) is 2.65. The van der Waals surface area contributed by atoms with E-state index in [1.807, 2.05) is 23.1 Å². The Morgan fingerprint density at radius 1 is 1.17 bits per heavy atom. The van der Waals surface area contributed by atoms with E-state index >= 15 is 0 Å². The third kappa shape index (κ3) is 5.25. The van der Waals surface area contributed by atoms with Gasteiger partial charge in [-0.25, -0.2) is 0 Å². The molecule has 5 heteroatoms. The molecule has 24 heavy (non-hydrogen) atoms. The van der Waals surface area contributed by atoms with E-state index in [1.54, 1.807) is 0 Å². The first-order chi connectivity index (χ1) is 11.8. The summed E-state index contributed by atoms with van der Waals surface area (Å²) in [6.45, 7) is 5.82. The monoisotopic (exact) mass is 331 g/mol. The zero-order valence-corrected chi connectivity index (χ0v) is 14.6. The molecular formula is C19H29N3O2. The van der Waals surface area contributed by atoms with Crippen LogP contribution < -0.4 is 10.2 Å². The van der Waals surface area contributed by atoms with E-state index in [2.05, 4.69) is 29.3 Å². The lowest BCUT2D eigenvalue weighted by Crippen LogP contribution is -2.51. The molecule has 1 aromatic rings. The van der Waals surface area contributed by atoms with Crippen LogP contribution in [-0.4, -0.2) is 49.9 Å². The standard InChI is InChI=1S/C19H29N3O2/c1-2-3-5-8-17(15-20-16-23)19(24)22-13-11-21(12-14-22)18-9-6-4-7-10-18/h4,6-7,9-10,16-17H,2-3,5,8,11-15H2,1H3,(H,20,23)/t17-/m1/s1. The van der Waals surface area contributed by atoms with Crippen LogP contribution in [0.5, 0.6) is 0 Å². The van der Waals surface area contributed by atoms with E-state index in [4.69, 9.17) is 0 Å². The normalized spacial score (nSPS) is 15.9. The Balaban J connectivity index is 1.87. The number of rotatable bonds is 9. The van der Waals surface area contributed by atoms with Gasteiger partial charge in [0.15, 0.2) is 0 Å². The number of nitrogens with one attached hydrogen (secondary N) is 1. The molecule has 0 aromatic heterocycles. The van der Waals surface area contributed by atoms with Crippen molar-refractivity contribution >= 4 is 18.0 Å². The SMILES string of the molecule is CCCCC[C@H](CNC=O)C(=O)N1CCN(c2ccccc2)CC1. The largest absolute Gasteiger partial charge is 0.368 e. The van der Waals surface area contributed by atoms with Gasteiger partial charge in [0, 0.05) is 38.4 Å². The van der Waals surface area contributed by atoms with E-state index in [-0.39, 0.29) is 11.8 Å². The third-order valence-corrected chi connectivity index (χ3v) is 4.67. The fraction of sp³-hybridized carbons (Fsp3) is 0.579. The van der Waals surface area contributed by atoms with Gasteiger partial charge in [0.05, 0.1) is 5.92 Å². The topological polar surface area (TPSA) is 52.7 Å². The second-order valence-corrected chi connectivity index (χ2v) is 6.37. The molecule has 0 unspecified atom stereocenters. The maximum Gasteiger partial charge on any atom is 0.227 e. The Morgan fingerprint density at radius 3 is 2.50 bits per heavy atom. The molecule has 1 aromatic carbocycles. The molecule has 0 saturated carbocycles. The summed E-state index contributed by atoms with van der Waals surface area (Å²) in [7, 11) is 0. The third-order valence-electron chi connectivity index (χ3n) is 4.67. The Morgan fingerprint density at radius 2 is 1.88 bits per heavy atom. The van der Waals surface area contributed by atoms with Gasteiger partial charge in [-0.3, -0.25) is 9.59 Å². The Kier molecular flexibility index (Phi) is 7.59. The minimum Gasteiger partial charge on any atom is -0.368 e. The number of anilines is 1. The smallest absolute Gasteiger partial charge is 0.227 e. The van der Waals surface area contributed by atoms with Crippen LogP contribution in [0.25, 0.3) is 0 Å². The molecule has 0 radical (unpaired) electrons. The summed E-state index contributed by atoms with van der Waals surface area (Å²) in [5.74, 6) is 0.0955. The molecule has 1 fully saturated rings. The molecule has 5 nitrogen and oxygen atoms in total. The lowest BCUT2D eigenvalue weighted by atomic mass is 9.99.